The minimum Gasteiger partial charge on any atom is -0.395 e. The number of hydrogen-bond donors (Lipinski definition) is 1. The van der Waals surface area contributed by atoms with Crippen LogP contribution in [0.25, 0.3) is 0 Å². The molecule has 3 nitrogen and oxygen atoms in total. The molecular weight excluding hydrogens is 260 g/mol. The van der Waals surface area contributed by atoms with Crippen molar-refractivity contribution >= 4 is 5.84 Å². The SMILES string of the molecule is CCCCCCCCCCCC=CC1=NCCN1CCO. The van der Waals surface area contributed by atoms with E-state index < -0.39 is 0 Å². The van der Waals surface area contributed by atoms with Gasteiger partial charge >= 0.3 is 0 Å². The average molecular weight is 294 g/mol. The number of aliphatic imine (C=N–C) groups is 1. The van der Waals surface area contributed by atoms with Crippen LogP contribution in [0.4, 0.5) is 0 Å². The molecule has 0 atom stereocenters. The Hall–Kier alpha value is -0.830. The zero-order valence-electron chi connectivity index (χ0n) is 13.9. The molecule has 1 N–H and O–H groups in total. The number of aliphatic hydroxyl groups excluding tert-OH is 1. The van der Waals surface area contributed by atoms with Crippen molar-refractivity contribution in [3.63, 3.8) is 0 Å². The van der Waals surface area contributed by atoms with Gasteiger partial charge in [-0.1, -0.05) is 64.4 Å². The summed E-state index contributed by atoms with van der Waals surface area (Å²) in [5.74, 6) is 1.06. The Morgan fingerprint density at radius 2 is 1.71 bits per heavy atom. The predicted octanol–water partition coefficient (Wildman–Crippen LogP) is 4.17. The van der Waals surface area contributed by atoms with Gasteiger partial charge in [-0.15, -0.1) is 0 Å². The van der Waals surface area contributed by atoms with Crippen molar-refractivity contribution in [2.24, 2.45) is 4.99 Å². The maximum absolute atomic E-state index is 8.98. The standard InChI is InChI=1S/C18H34N2O/c1-2-3-4-5-6-7-8-9-10-11-12-13-18-19-14-15-20(18)16-17-21/h12-13,21H,2-11,14-17H2,1H3. The summed E-state index contributed by atoms with van der Waals surface area (Å²) in [7, 11) is 0. The summed E-state index contributed by atoms with van der Waals surface area (Å²) < 4.78 is 0. The van der Waals surface area contributed by atoms with Gasteiger partial charge in [0.25, 0.3) is 0 Å². The van der Waals surface area contributed by atoms with Crippen molar-refractivity contribution in [1.82, 2.24) is 4.90 Å². The summed E-state index contributed by atoms with van der Waals surface area (Å²) in [6.07, 6.45) is 18.0. The Labute approximate surface area is 131 Å². The molecule has 0 aliphatic carbocycles. The Balaban J connectivity index is 1.93. The molecule has 0 fully saturated rings. The molecule has 0 aromatic rings. The summed E-state index contributed by atoms with van der Waals surface area (Å²) in [5, 5.41) is 8.98. The fourth-order valence-corrected chi connectivity index (χ4v) is 2.77. The van der Waals surface area contributed by atoms with Gasteiger partial charge in [-0.3, -0.25) is 4.99 Å². The minimum absolute atomic E-state index is 0.213. The van der Waals surface area contributed by atoms with Gasteiger partial charge in [0.2, 0.25) is 0 Å². The molecule has 0 aromatic heterocycles. The molecule has 0 unspecified atom stereocenters. The normalized spacial score (nSPS) is 15.1. The zero-order valence-corrected chi connectivity index (χ0v) is 13.9. The van der Waals surface area contributed by atoms with E-state index in [0.29, 0.717) is 6.54 Å². The molecule has 0 aromatic carbocycles. The van der Waals surface area contributed by atoms with E-state index in [9.17, 15) is 0 Å². The largest absolute Gasteiger partial charge is 0.395 e. The van der Waals surface area contributed by atoms with Crippen LogP contribution in [0.1, 0.15) is 71.1 Å². The van der Waals surface area contributed by atoms with Crippen molar-refractivity contribution in [3.8, 4) is 0 Å². The van der Waals surface area contributed by atoms with E-state index in [2.05, 4.69) is 29.0 Å². The lowest BCUT2D eigenvalue weighted by atomic mass is 10.1. The van der Waals surface area contributed by atoms with E-state index in [0.717, 1.165) is 25.3 Å². The first kappa shape index (κ1) is 18.2. The van der Waals surface area contributed by atoms with Crippen LogP contribution in [0, 0.1) is 0 Å². The second kappa shape index (κ2) is 12.9. The van der Waals surface area contributed by atoms with Crippen molar-refractivity contribution in [3.05, 3.63) is 12.2 Å². The summed E-state index contributed by atoms with van der Waals surface area (Å²) in [5.41, 5.74) is 0. The van der Waals surface area contributed by atoms with Gasteiger partial charge in [-0.25, -0.2) is 0 Å². The number of aliphatic hydroxyl groups is 1. The van der Waals surface area contributed by atoms with Crippen LogP contribution in [-0.4, -0.2) is 42.1 Å². The Bertz CT molecular complexity index is 300. The highest BCUT2D eigenvalue weighted by atomic mass is 16.3. The molecule has 21 heavy (non-hydrogen) atoms. The molecule has 0 radical (unpaired) electrons. The lowest BCUT2D eigenvalue weighted by molar-refractivity contribution is 0.257. The molecule has 1 heterocycles. The van der Waals surface area contributed by atoms with E-state index in [1.807, 2.05) is 0 Å². The lowest BCUT2D eigenvalue weighted by Crippen LogP contribution is -2.29. The van der Waals surface area contributed by atoms with Crippen LogP contribution in [0.5, 0.6) is 0 Å². The topological polar surface area (TPSA) is 35.8 Å². The highest BCUT2D eigenvalue weighted by molar-refractivity contribution is 5.94. The van der Waals surface area contributed by atoms with Crippen LogP contribution in [-0.2, 0) is 0 Å². The summed E-state index contributed by atoms with van der Waals surface area (Å²) in [6.45, 7) is 5.02. The molecule has 3 heteroatoms. The second-order valence-corrected chi connectivity index (χ2v) is 5.97. The predicted molar refractivity (Wildman–Crippen MR) is 91.9 cm³/mol. The van der Waals surface area contributed by atoms with Crippen LogP contribution < -0.4 is 0 Å². The number of amidine groups is 1. The van der Waals surface area contributed by atoms with Crippen molar-refractivity contribution < 1.29 is 5.11 Å². The Kier molecular flexibility index (Phi) is 11.2. The van der Waals surface area contributed by atoms with Crippen molar-refractivity contribution in [2.75, 3.05) is 26.2 Å². The molecule has 0 amide bonds. The zero-order chi connectivity index (χ0) is 15.2. The van der Waals surface area contributed by atoms with Gasteiger partial charge < -0.3 is 10.0 Å². The van der Waals surface area contributed by atoms with E-state index in [1.165, 1.54) is 57.8 Å². The van der Waals surface area contributed by atoms with Gasteiger partial charge in [0, 0.05) is 13.1 Å². The van der Waals surface area contributed by atoms with Crippen molar-refractivity contribution in [2.45, 2.75) is 71.1 Å². The molecule has 0 spiro atoms. The minimum atomic E-state index is 0.213. The molecule has 0 saturated heterocycles. The quantitative estimate of drug-likeness (QED) is 0.517. The second-order valence-electron chi connectivity index (χ2n) is 5.97. The molecule has 0 bridgehead atoms. The molecular formula is C18H34N2O. The van der Waals surface area contributed by atoms with Gasteiger partial charge in [-0.05, 0) is 18.9 Å². The van der Waals surface area contributed by atoms with Crippen LogP contribution in [0.3, 0.4) is 0 Å². The number of allylic oxidation sites excluding steroid dienone is 1. The molecule has 0 saturated carbocycles. The first-order valence-electron chi connectivity index (χ1n) is 8.95. The molecule has 1 aliphatic rings. The van der Waals surface area contributed by atoms with Gasteiger partial charge in [-0.2, -0.15) is 0 Å². The van der Waals surface area contributed by atoms with Crippen LogP contribution in [0.15, 0.2) is 17.1 Å². The van der Waals surface area contributed by atoms with Gasteiger partial charge in [0.1, 0.15) is 5.84 Å². The lowest BCUT2D eigenvalue weighted by Gasteiger charge is -2.16. The number of nitrogens with zero attached hydrogens (tertiary/aromatic N) is 2. The van der Waals surface area contributed by atoms with Gasteiger partial charge in [0.05, 0.1) is 13.2 Å². The summed E-state index contributed by atoms with van der Waals surface area (Å²) in [4.78, 5) is 6.62. The van der Waals surface area contributed by atoms with Crippen LogP contribution >= 0.6 is 0 Å². The average Bonchev–Trinajstić information content (AvgIpc) is 2.92. The summed E-state index contributed by atoms with van der Waals surface area (Å²) in [6, 6.07) is 0. The number of unbranched alkanes of at least 4 members (excludes halogenated alkanes) is 9. The molecule has 1 aliphatic heterocycles. The molecule has 122 valence electrons. The first-order chi connectivity index (χ1) is 10.4. The monoisotopic (exact) mass is 294 g/mol. The maximum atomic E-state index is 8.98. The summed E-state index contributed by atoms with van der Waals surface area (Å²) >= 11 is 0. The fourth-order valence-electron chi connectivity index (χ4n) is 2.77. The number of rotatable bonds is 13. The third-order valence-corrected chi connectivity index (χ3v) is 4.08. The number of hydrogen-bond acceptors (Lipinski definition) is 3. The Morgan fingerprint density at radius 1 is 1.05 bits per heavy atom. The van der Waals surface area contributed by atoms with Gasteiger partial charge in [0.15, 0.2) is 0 Å². The third kappa shape index (κ3) is 8.92. The van der Waals surface area contributed by atoms with Crippen LogP contribution in [0.2, 0.25) is 0 Å². The third-order valence-electron chi connectivity index (χ3n) is 4.08. The number of β-amino-alcohol motifs (C(OH)–C–C–N with tert-alkyl or cyclic N) is 1. The van der Waals surface area contributed by atoms with Crippen molar-refractivity contribution in [1.29, 1.82) is 0 Å². The van der Waals surface area contributed by atoms with E-state index >= 15 is 0 Å². The molecule has 1 rings (SSSR count). The van der Waals surface area contributed by atoms with E-state index in [-0.39, 0.29) is 6.61 Å². The first-order valence-corrected chi connectivity index (χ1v) is 8.95. The van der Waals surface area contributed by atoms with E-state index in [4.69, 9.17) is 5.11 Å². The maximum Gasteiger partial charge on any atom is 0.123 e. The smallest absolute Gasteiger partial charge is 0.123 e. The Morgan fingerprint density at radius 3 is 2.38 bits per heavy atom. The highest BCUT2D eigenvalue weighted by Crippen LogP contribution is 2.11. The highest BCUT2D eigenvalue weighted by Gasteiger charge is 2.12. The fraction of sp³-hybridized carbons (Fsp3) is 0.833. The van der Waals surface area contributed by atoms with E-state index in [1.54, 1.807) is 0 Å².